The van der Waals surface area contributed by atoms with Gasteiger partial charge in [0.15, 0.2) is 0 Å². The van der Waals surface area contributed by atoms with Gasteiger partial charge in [0.2, 0.25) is 11.8 Å². The van der Waals surface area contributed by atoms with Gasteiger partial charge in [0, 0.05) is 29.7 Å². The zero-order valence-corrected chi connectivity index (χ0v) is 17.2. The van der Waals surface area contributed by atoms with Crippen molar-refractivity contribution >= 4 is 34.4 Å². The lowest BCUT2D eigenvalue weighted by molar-refractivity contribution is -0.139. The minimum atomic E-state index is -0.244. The number of nitrogens with zero attached hydrogens (tertiary/aromatic N) is 2. The van der Waals surface area contributed by atoms with Gasteiger partial charge in [0.25, 0.3) is 5.91 Å². The van der Waals surface area contributed by atoms with Crippen molar-refractivity contribution in [1.29, 1.82) is 0 Å². The summed E-state index contributed by atoms with van der Waals surface area (Å²) in [5.41, 5.74) is 4.65. The van der Waals surface area contributed by atoms with Crippen molar-refractivity contribution in [2.75, 3.05) is 5.32 Å². The van der Waals surface area contributed by atoms with Crippen LogP contribution in [0.15, 0.2) is 72.8 Å². The van der Waals surface area contributed by atoms with E-state index in [1.54, 1.807) is 24.3 Å². The molecule has 7 heteroatoms. The fourth-order valence-electron chi connectivity index (χ4n) is 3.78. The molecule has 0 radical (unpaired) electrons. The average Bonchev–Trinajstić information content (AvgIpc) is 3.38. The lowest BCUT2D eigenvalue weighted by Gasteiger charge is -2.14. The SMILES string of the molecule is O=C(Nc1cccc(-c2nc3ccccc3[nH]2)c1)c1ccc(CN2C(=O)CCC2=O)cc1. The van der Waals surface area contributed by atoms with Crippen molar-refractivity contribution in [3.05, 3.63) is 83.9 Å². The Labute approximate surface area is 184 Å². The van der Waals surface area contributed by atoms with Crippen molar-refractivity contribution in [2.45, 2.75) is 19.4 Å². The number of imidazole rings is 1. The maximum atomic E-state index is 12.7. The topological polar surface area (TPSA) is 95.2 Å². The van der Waals surface area contributed by atoms with E-state index < -0.39 is 0 Å². The van der Waals surface area contributed by atoms with Gasteiger partial charge in [-0.25, -0.2) is 4.98 Å². The molecule has 4 aromatic rings. The first-order chi connectivity index (χ1) is 15.6. The van der Waals surface area contributed by atoms with E-state index in [1.165, 1.54) is 4.90 Å². The normalized spacial score (nSPS) is 13.7. The summed E-state index contributed by atoms with van der Waals surface area (Å²) in [4.78, 5) is 45.4. The van der Waals surface area contributed by atoms with Crippen LogP contribution in [0.5, 0.6) is 0 Å². The number of carbonyl (C=O) groups is 3. The Morgan fingerprint density at radius 1 is 0.938 bits per heavy atom. The van der Waals surface area contributed by atoms with Crippen LogP contribution in [-0.2, 0) is 16.1 Å². The highest BCUT2D eigenvalue weighted by Crippen LogP contribution is 2.23. The van der Waals surface area contributed by atoms with Gasteiger partial charge in [-0.1, -0.05) is 36.4 Å². The number of nitrogens with one attached hydrogen (secondary N) is 2. The van der Waals surface area contributed by atoms with Crippen LogP contribution in [0.4, 0.5) is 5.69 Å². The quantitative estimate of drug-likeness (QED) is 0.471. The summed E-state index contributed by atoms with van der Waals surface area (Å²) >= 11 is 0. The van der Waals surface area contributed by atoms with Gasteiger partial charge in [-0.05, 0) is 42.0 Å². The number of aromatic amines is 1. The maximum Gasteiger partial charge on any atom is 0.255 e. The van der Waals surface area contributed by atoms with E-state index in [4.69, 9.17) is 0 Å². The predicted molar refractivity (Wildman–Crippen MR) is 121 cm³/mol. The summed E-state index contributed by atoms with van der Waals surface area (Å²) in [5, 5.41) is 2.91. The summed E-state index contributed by atoms with van der Waals surface area (Å²) in [7, 11) is 0. The molecule has 0 atom stereocenters. The number of amides is 3. The van der Waals surface area contributed by atoms with Crippen LogP contribution in [0.2, 0.25) is 0 Å². The second-order valence-electron chi connectivity index (χ2n) is 7.71. The molecule has 0 spiro atoms. The summed E-state index contributed by atoms with van der Waals surface area (Å²) in [6.45, 7) is 0.235. The van der Waals surface area contributed by atoms with Gasteiger partial charge in [0.05, 0.1) is 17.6 Å². The minimum Gasteiger partial charge on any atom is -0.338 e. The van der Waals surface area contributed by atoms with E-state index >= 15 is 0 Å². The highest BCUT2D eigenvalue weighted by molar-refractivity contribution is 6.04. The molecule has 1 saturated heterocycles. The van der Waals surface area contributed by atoms with E-state index in [0.717, 1.165) is 28.0 Å². The van der Waals surface area contributed by atoms with Crippen LogP contribution in [0.3, 0.4) is 0 Å². The number of rotatable bonds is 5. The Morgan fingerprint density at radius 2 is 1.69 bits per heavy atom. The minimum absolute atomic E-state index is 0.152. The van der Waals surface area contributed by atoms with E-state index in [9.17, 15) is 14.4 Å². The molecular weight excluding hydrogens is 404 g/mol. The number of carbonyl (C=O) groups excluding carboxylic acids is 3. The van der Waals surface area contributed by atoms with Gasteiger partial charge < -0.3 is 10.3 Å². The largest absolute Gasteiger partial charge is 0.338 e. The highest BCUT2D eigenvalue weighted by Gasteiger charge is 2.28. The van der Waals surface area contributed by atoms with Crippen LogP contribution in [0.1, 0.15) is 28.8 Å². The Morgan fingerprint density at radius 3 is 2.44 bits per heavy atom. The molecule has 5 rings (SSSR count). The van der Waals surface area contributed by atoms with Gasteiger partial charge in [-0.15, -0.1) is 0 Å². The van der Waals surface area contributed by atoms with Crippen molar-refractivity contribution in [2.24, 2.45) is 0 Å². The lowest BCUT2D eigenvalue weighted by Crippen LogP contribution is -2.28. The van der Waals surface area contributed by atoms with Crippen LogP contribution in [0, 0.1) is 0 Å². The molecule has 1 aromatic heterocycles. The fourth-order valence-corrected chi connectivity index (χ4v) is 3.78. The molecule has 1 aliphatic rings. The van der Waals surface area contributed by atoms with Crippen LogP contribution < -0.4 is 5.32 Å². The van der Waals surface area contributed by atoms with Gasteiger partial charge >= 0.3 is 0 Å². The van der Waals surface area contributed by atoms with Crippen molar-refractivity contribution in [3.8, 4) is 11.4 Å². The number of para-hydroxylation sites is 2. The number of H-pyrrole nitrogens is 1. The number of fused-ring (bicyclic) bond motifs is 1. The second-order valence-corrected chi connectivity index (χ2v) is 7.71. The highest BCUT2D eigenvalue weighted by atomic mass is 16.2. The van der Waals surface area contributed by atoms with Gasteiger partial charge in [-0.3, -0.25) is 19.3 Å². The Kier molecular flexibility index (Phi) is 4.99. The van der Waals surface area contributed by atoms with E-state index in [2.05, 4.69) is 15.3 Å². The number of likely N-dealkylation sites (tertiary alicyclic amines) is 1. The number of benzene rings is 3. The van der Waals surface area contributed by atoms with Crippen molar-refractivity contribution < 1.29 is 14.4 Å². The third-order valence-corrected chi connectivity index (χ3v) is 5.49. The molecule has 3 amide bonds. The molecule has 3 aromatic carbocycles. The van der Waals surface area contributed by atoms with E-state index in [0.29, 0.717) is 11.3 Å². The smallest absolute Gasteiger partial charge is 0.255 e. The monoisotopic (exact) mass is 424 g/mol. The number of aromatic nitrogens is 2. The summed E-state index contributed by atoms with van der Waals surface area (Å²) in [6.07, 6.45) is 0.541. The molecule has 2 heterocycles. The molecule has 32 heavy (non-hydrogen) atoms. The third kappa shape index (κ3) is 3.88. The van der Waals surface area contributed by atoms with E-state index in [1.807, 2.05) is 48.5 Å². The molecular formula is C25H20N4O3. The molecule has 0 unspecified atom stereocenters. The summed E-state index contributed by atoms with van der Waals surface area (Å²) < 4.78 is 0. The number of anilines is 1. The predicted octanol–water partition coefficient (Wildman–Crippen LogP) is 4.13. The number of imide groups is 1. The average molecular weight is 424 g/mol. The standard InChI is InChI=1S/C25H20N4O3/c30-22-12-13-23(31)29(22)15-16-8-10-17(11-9-16)25(32)26-19-5-3-4-18(14-19)24-27-20-6-1-2-7-21(20)28-24/h1-11,14H,12-13,15H2,(H,26,32)(H,27,28). The first-order valence-electron chi connectivity index (χ1n) is 10.4. The zero-order valence-electron chi connectivity index (χ0n) is 17.2. The zero-order chi connectivity index (χ0) is 22.1. The van der Waals surface area contributed by atoms with Crippen LogP contribution in [-0.4, -0.2) is 32.6 Å². The van der Waals surface area contributed by atoms with Crippen LogP contribution >= 0.6 is 0 Å². The summed E-state index contributed by atoms with van der Waals surface area (Å²) in [5.74, 6) is 0.187. The molecule has 0 bridgehead atoms. The summed E-state index contributed by atoms with van der Waals surface area (Å²) in [6, 6.07) is 22.2. The van der Waals surface area contributed by atoms with Crippen molar-refractivity contribution in [3.63, 3.8) is 0 Å². The van der Waals surface area contributed by atoms with E-state index in [-0.39, 0.29) is 37.1 Å². The second kappa shape index (κ2) is 8.11. The molecule has 0 saturated carbocycles. The first kappa shape index (κ1) is 19.7. The van der Waals surface area contributed by atoms with Crippen molar-refractivity contribution in [1.82, 2.24) is 14.9 Å². The molecule has 1 fully saturated rings. The Balaban J connectivity index is 1.29. The lowest BCUT2D eigenvalue weighted by atomic mass is 10.1. The van der Waals surface area contributed by atoms with Crippen LogP contribution in [0.25, 0.3) is 22.4 Å². The Hall–Kier alpha value is -4.26. The van der Waals surface area contributed by atoms with Gasteiger partial charge in [-0.2, -0.15) is 0 Å². The fraction of sp³-hybridized carbons (Fsp3) is 0.120. The Bertz CT molecular complexity index is 1290. The molecule has 1 aliphatic heterocycles. The number of hydrogen-bond acceptors (Lipinski definition) is 4. The van der Waals surface area contributed by atoms with Gasteiger partial charge in [0.1, 0.15) is 5.82 Å². The molecule has 2 N–H and O–H groups in total. The molecule has 7 nitrogen and oxygen atoms in total. The number of hydrogen-bond donors (Lipinski definition) is 2. The molecule has 158 valence electrons. The maximum absolute atomic E-state index is 12.7. The first-order valence-corrected chi connectivity index (χ1v) is 10.4. The third-order valence-electron chi connectivity index (χ3n) is 5.49. The molecule has 0 aliphatic carbocycles.